The van der Waals surface area contributed by atoms with Crippen LogP contribution in [0.1, 0.15) is 23.0 Å². The summed E-state index contributed by atoms with van der Waals surface area (Å²) in [7, 11) is 0. The molecule has 0 aliphatic carbocycles. The largest absolute Gasteiger partial charge is 0.449 e. The Morgan fingerprint density at radius 1 is 1.07 bits per heavy atom. The number of anilines is 1. The third-order valence-corrected chi connectivity index (χ3v) is 4.20. The van der Waals surface area contributed by atoms with E-state index in [0.29, 0.717) is 16.3 Å². The van der Waals surface area contributed by atoms with Crippen molar-refractivity contribution in [1.29, 1.82) is 0 Å². The minimum absolute atomic E-state index is 0.356. The van der Waals surface area contributed by atoms with Crippen LogP contribution in [0.25, 0.3) is 5.69 Å². The van der Waals surface area contributed by atoms with E-state index in [0.717, 1.165) is 11.4 Å². The molecule has 0 saturated carbocycles. The van der Waals surface area contributed by atoms with Gasteiger partial charge < -0.3 is 10.1 Å². The summed E-state index contributed by atoms with van der Waals surface area (Å²) in [6.45, 7) is 3.46. The normalized spacial score (nSPS) is 11.7. The molecule has 3 aromatic rings. The summed E-state index contributed by atoms with van der Waals surface area (Å²) in [5.74, 6) is -0.994. The van der Waals surface area contributed by atoms with Gasteiger partial charge in [-0.15, -0.1) is 0 Å². The van der Waals surface area contributed by atoms with E-state index in [4.69, 9.17) is 16.3 Å². The molecule has 6 nitrogen and oxygen atoms in total. The first-order valence-corrected chi connectivity index (χ1v) is 8.70. The summed E-state index contributed by atoms with van der Waals surface area (Å²) in [6.07, 6.45) is 0.764. The second-order valence-electron chi connectivity index (χ2n) is 5.97. The predicted molar refractivity (Wildman–Crippen MR) is 103 cm³/mol. The molecule has 0 unspecified atom stereocenters. The highest BCUT2D eigenvalue weighted by Crippen LogP contribution is 2.15. The van der Waals surface area contributed by atoms with Gasteiger partial charge in [-0.3, -0.25) is 4.79 Å². The zero-order valence-corrected chi connectivity index (χ0v) is 15.6. The van der Waals surface area contributed by atoms with Crippen molar-refractivity contribution in [2.75, 3.05) is 5.32 Å². The number of carbonyl (C=O) groups excluding carboxylic acids is 2. The number of nitrogens with zero attached hydrogens (tertiary/aromatic N) is 2. The summed E-state index contributed by atoms with van der Waals surface area (Å²) in [5.41, 5.74) is 2.75. The lowest BCUT2D eigenvalue weighted by Gasteiger charge is -2.14. The molecule has 1 N–H and O–H groups in total. The molecule has 1 amide bonds. The Morgan fingerprint density at radius 3 is 2.33 bits per heavy atom. The number of ether oxygens (including phenoxy) is 1. The van der Waals surface area contributed by atoms with Gasteiger partial charge >= 0.3 is 5.97 Å². The van der Waals surface area contributed by atoms with E-state index >= 15 is 0 Å². The smallest absolute Gasteiger partial charge is 0.338 e. The van der Waals surface area contributed by atoms with Crippen LogP contribution in [0.4, 0.5) is 5.69 Å². The molecule has 0 fully saturated rings. The lowest BCUT2D eigenvalue weighted by molar-refractivity contribution is -0.123. The van der Waals surface area contributed by atoms with Crippen LogP contribution >= 0.6 is 11.6 Å². The van der Waals surface area contributed by atoms with Gasteiger partial charge in [0, 0.05) is 22.6 Å². The first-order valence-electron chi connectivity index (χ1n) is 8.32. The zero-order chi connectivity index (χ0) is 19.4. The van der Waals surface area contributed by atoms with Gasteiger partial charge in [-0.25, -0.2) is 9.48 Å². The minimum Gasteiger partial charge on any atom is -0.449 e. The van der Waals surface area contributed by atoms with Crippen LogP contribution < -0.4 is 5.32 Å². The zero-order valence-electron chi connectivity index (χ0n) is 14.8. The molecule has 0 radical (unpaired) electrons. The maximum atomic E-state index is 12.3. The number of nitrogens with one attached hydrogen (secondary N) is 1. The van der Waals surface area contributed by atoms with Crippen LogP contribution in [0, 0.1) is 6.92 Å². The van der Waals surface area contributed by atoms with Crippen molar-refractivity contribution in [3.63, 3.8) is 0 Å². The van der Waals surface area contributed by atoms with E-state index in [1.54, 1.807) is 59.4 Å². The first-order chi connectivity index (χ1) is 12.9. The highest BCUT2D eigenvalue weighted by Gasteiger charge is 2.19. The molecule has 0 bridgehead atoms. The van der Waals surface area contributed by atoms with Gasteiger partial charge in [-0.2, -0.15) is 5.10 Å². The Kier molecular flexibility index (Phi) is 5.57. The summed E-state index contributed by atoms with van der Waals surface area (Å²) in [6, 6.07) is 15.4. The number of amides is 1. The third kappa shape index (κ3) is 4.54. The molecule has 7 heteroatoms. The molecule has 1 heterocycles. The van der Waals surface area contributed by atoms with Gasteiger partial charge in [-0.1, -0.05) is 11.6 Å². The van der Waals surface area contributed by atoms with Crippen molar-refractivity contribution in [3.8, 4) is 5.69 Å². The van der Waals surface area contributed by atoms with Crippen LogP contribution in [0.2, 0.25) is 5.02 Å². The maximum Gasteiger partial charge on any atom is 0.338 e. The summed E-state index contributed by atoms with van der Waals surface area (Å²) >= 11 is 5.81. The average molecular weight is 384 g/mol. The quantitative estimate of drug-likeness (QED) is 0.675. The topological polar surface area (TPSA) is 73.2 Å². The molecule has 0 aliphatic heterocycles. The molecular weight excluding hydrogens is 366 g/mol. The Labute approximate surface area is 161 Å². The number of carbonyl (C=O) groups is 2. The van der Waals surface area contributed by atoms with Crippen LogP contribution in [0.15, 0.2) is 60.8 Å². The first kappa shape index (κ1) is 18.7. The molecule has 0 spiro atoms. The average Bonchev–Trinajstić information content (AvgIpc) is 3.09. The van der Waals surface area contributed by atoms with Crippen molar-refractivity contribution < 1.29 is 14.3 Å². The van der Waals surface area contributed by atoms with Crippen LogP contribution in [-0.2, 0) is 9.53 Å². The second kappa shape index (κ2) is 8.05. The fraction of sp³-hybridized carbons (Fsp3) is 0.150. The molecule has 1 aromatic heterocycles. The molecule has 3 rings (SSSR count). The SMILES string of the molecule is Cc1ccnn1-c1ccc(C(=O)O[C@H](C)C(=O)Nc2ccc(Cl)cc2)cc1. The van der Waals surface area contributed by atoms with Crippen molar-refractivity contribution in [2.24, 2.45) is 0 Å². The summed E-state index contributed by atoms with van der Waals surface area (Å²) < 4.78 is 7.01. The Morgan fingerprint density at radius 2 is 1.74 bits per heavy atom. The Balaban J connectivity index is 1.61. The van der Waals surface area contributed by atoms with E-state index in [1.165, 1.54) is 6.92 Å². The highest BCUT2D eigenvalue weighted by molar-refractivity contribution is 6.30. The number of halogens is 1. The van der Waals surface area contributed by atoms with Crippen molar-refractivity contribution in [1.82, 2.24) is 9.78 Å². The number of benzene rings is 2. The fourth-order valence-electron chi connectivity index (χ4n) is 2.44. The van der Waals surface area contributed by atoms with Crippen molar-refractivity contribution >= 4 is 29.2 Å². The predicted octanol–water partition coefficient (Wildman–Crippen LogP) is 4.02. The molecular formula is C20H18ClN3O3. The van der Waals surface area contributed by atoms with E-state index in [9.17, 15) is 9.59 Å². The number of esters is 1. The van der Waals surface area contributed by atoms with Crippen LogP contribution in [-0.4, -0.2) is 27.8 Å². The Hall–Kier alpha value is -3.12. The maximum absolute atomic E-state index is 12.3. The van der Waals surface area contributed by atoms with Gasteiger partial charge in [0.25, 0.3) is 5.91 Å². The van der Waals surface area contributed by atoms with Crippen LogP contribution in [0.3, 0.4) is 0 Å². The number of hydrogen-bond donors (Lipinski definition) is 1. The summed E-state index contributed by atoms with van der Waals surface area (Å²) in [4.78, 5) is 24.5. The highest BCUT2D eigenvalue weighted by atomic mass is 35.5. The molecule has 2 aromatic carbocycles. The summed E-state index contributed by atoms with van der Waals surface area (Å²) in [5, 5.41) is 7.46. The van der Waals surface area contributed by atoms with E-state index in [2.05, 4.69) is 10.4 Å². The number of aromatic nitrogens is 2. The Bertz CT molecular complexity index is 949. The standard InChI is InChI=1S/C20H18ClN3O3/c1-13-11-12-22-24(13)18-9-3-15(4-10-18)20(26)27-14(2)19(25)23-17-7-5-16(21)6-8-17/h3-12,14H,1-2H3,(H,23,25)/t14-/m1/s1. The lowest BCUT2D eigenvalue weighted by Crippen LogP contribution is -2.30. The molecule has 1 atom stereocenters. The van der Waals surface area contributed by atoms with Gasteiger partial charge in [0.05, 0.1) is 11.3 Å². The molecule has 27 heavy (non-hydrogen) atoms. The van der Waals surface area contributed by atoms with Gasteiger partial charge in [0.15, 0.2) is 6.10 Å². The van der Waals surface area contributed by atoms with E-state index in [-0.39, 0.29) is 0 Å². The number of rotatable bonds is 5. The van der Waals surface area contributed by atoms with Gasteiger partial charge in [-0.05, 0) is 68.4 Å². The molecule has 0 saturated heterocycles. The fourth-order valence-corrected chi connectivity index (χ4v) is 2.56. The van der Waals surface area contributed by atoms with E-state index in [1.807, 2.05) is 13.0 Å². The third-order valence-electron chi connectivity index (χ3n) is 3.94. The number of aryl methyl sites for hydroxylation is 1. The van der Waals surface area contributed by atoms with E-state index < -0.39 is 18.0 Å². The monoisotopic (exact) mass is 383 g/mol. The second-order valence-corrected chi connectivity index (χ2v) is 6.41. The van der Waals surface area contributed by atoms with Gasteiger partial charge in [0.1, 0.15) is 0 Å². The molecule has 0 aliphatic rings. The van der Waals surface area contributed by atoms with Crippen molar-refractivity contribution in [2.45, 2.75) is 20.0 Å². The molecule has 138 valence electrons. The van der Waals surface area contributed by atoms with Crippen molar-refractivity contribution in [3.05, 3.63) is 77.1 Å². The minimum atomic E-state index is -0.943. The lowest BCUT2D eigenvalue weighted by atomic mass is 10.2. The number of hydrogen-bond acceptors (Lipinski definition) is 4. The van der Waals surface area contributed by atoms with Crippen LogP contribution in [0.5, 0.6) is 0 Å². The van der Waals surface area contributed by atoms with Gasteiger partial charge in [0.2, 0.25) is 0 Å².